The number of hydrogen-bond acceptors (Lipinski definition) is 3. The molecule has 0 amide bonds. The quantitative estimate of drug-likeness (QED) is 0.806. The van der Waals surface area contributed by atoms with Gasteiger partial charge in [0.1, 0.15) is 0 Å². The van der Waals surface area contributed by atoms with Crippen molar-refractivity contribution < 1.29 is 0 Å². The summed E-state index contributed by atoms with van der Waals surface area (Å²) in [6, 6.07) is 11.7. The molecule has 2 aromatic rings. The van der Waals surface area contributed by atoms with Crippen molar-refractivity contribution >= 4 is 0 Å². The molecule has 0 aliphatic rings. The van der Waals surface area contributed by atoms with Crippen LogP contribution in [0.5, 0.6) is 0 Å². The Morgan fingerprint density at radius 2 is 2.06 bits per heavy atom. The Balaban J connectivity index is 1.80. The van der Waals surface area contributed by atoms with Crippen LogP contribution in [0.2, 0.25) is 0 Å². The second kappa shape index (κ2) is 6.12. The van der Waals surface area contributed by atoms with Gasteiger partial charge in [0.2, 0.25) is 0 Å². The van der Waals surface area contributed by atoms with Gasteiger partial charge in [-0.25, -0.2) is 4.98 Å². The summed E-state index contributed by atoms with van der Waals surface area (Å²) in [5.74, 6) is 0. The Labute approximate surface area is 106 Å². The predicted octanol–water partition coefficient (Wildman–Crippen LogP) is 1.34. The van der Waals surface area contributed by atoms with E-state index in [2.05, 4.69) is 22.4 Å². The number of aromatic nitrogens is 2. The molecular weight excluding hydrogens is 226 g/mol. The van der Waals surface area contributed by atoms with Gasteiger partial charge in [0.05, 0.1) is 6.33 Å². The first-order valence-electron chi connectivity index (χ1n) is 6.03. The number of aryl methyl sites for hydroxylation is 1. The van der Waals surface area contributed by atoms with Crippen molar-refractivity contribution in [3.05, 3.63) is 64.3 Å². The smallest absolute Gasteiger partial charge is 0.253 e. The van der Waals surface area contributed by atoms with Crippen LogP contribution in [-0.4, -0.2) is 16.1 Å². The summed E-state index contributed by atoms with van der Waals surface area (Å²) in [7, 11) is 0. The Morgan fingerprint density at radius 1 is 1.28 bits per heavy atom. The molecule has 0 aliphatic heterocycles. The van der Waals surface area contributed by atoms with Crippen LogP contribution in [0.4, 0.5) is 0 Å². The van der Waals surface area contributed by atoms with E-state index >= 15 is 0 Å². The Morgan fingerprint density at radius 3 is 2.78 bits per heavy atom. The van der Waals surface area contributed by atoms with Gasteiger partial charge in [-0.05, 0) is 12.5 Å². The molecule has 0 atom stereocenters. The van der Waals surface area contributed by atoms with E-state index in [0.29, 0.717) is 6.54 Å². The highest BCUT2D eigenvalue weighted by molar-refractivity contribution is 5.14. The van der Waals surface area contributed by atoms with E-state index in [-0.39, 0.29) is 5.56 Å². The second-order valence-electron chi connectivity index (χ2n) is 4.22. The molecule has 1 N–H and O–H groups in total. The summed E-state index contributed by atoms with van der Waals surface area (Å²) in [5.41, 5.74) is 2.00. The molecule has 1 aromatic carbocycles. The minimum absolute atomic E-state index is 0.00371. The molecule has 94 valence electrons. The number of nitrogens with one attached hydrogen (secondary N) is 1. The van der Waals surface area contributed by atoms with Crippen molar-refractivity contribution in [3.8, 4) is 0 Å². The van der Waals surface area contributed by atoms with Crippen LogP contribution in [-0.2, 0) is 13.1 Å². The summed E-state index contributed by atoms with van der Waals surface area (Å²) in [4.78, 5) is 15.7. The maximum Gasteiger partial charge on any atom is 0.253 e. The standard InChI is InChI=1S/C14H17N3O/c1-12-9-14(18)17(11-16-12)8-7-15-10-13-5-3-2-4-6-13/h2-6,9,11,15H,7-8,10H2,1H3. The topological polar surface area (TPSA) is 46.9 Å². The minimum atomic E-state index is 0.00371. The molecule has 1 aromatic heterocycles. The molecule has 0 saturated carbocycles. The molecule has 2 rings (SSSR count). The molecule has 18 heavy (non-hydrogen) atoms. The van der Waals surface area contributed by atoms with Gasteiger partial charge in [-0.2, -0.15) is 0 Å². The Hall–Kier alpha value is -1.94. The SMILES string of the molecule is Cc1cc(=O)n(CCNCc2ccccc2)cn1. The molecule has 0 saturated heterocycles. The average Bonchev–Trinajstić information content (AvgIpc) is 2.38. The van der Waals surface area contributed by atoms with Gasteiger partial charge in [0.15, 0.2) is 0 Å². The van der Waals surface area contributed by atoms with E-state index in [0.717, 1.165) is 18.8 Å². The largest absolute Gasteiger partial charge is 0.311 e. The molecule has 0 bridgehead atoms. The van der Waals surface area contributed by atoms with E-state index < -0.39 is 0 Å². The van der Waals surface area contributed by atoms with Gasteiger partial charge in [0, 0.05) is 31.4 Å². The zero-order chi connectivity index (χ0) is 12.8. The monoisotopic (exact) mass is 243 g/mol. The maximum absolute atomic E-state index is 11.6. The van der Waals surface area contributed by atoms with E-state index in [9.17, 15) is 4.79 Å². The third-order valence-electron chi connectivity index (χ3n) is 2.72. The van der Waals surface area contributed by atoms with Crippen LogP contribution >= 0.6 is 0 Å². The number of hydrogen-bond donors (Lipinski definition) is 1. The number of rotatable bonds is 5. The maximum atomic E-state index is 11.6. The van der Waals surface area contributed by atoms with Crippen molar-refractivity contribution in [2.45, 2.75) is 20.0 Å². The summed E-state index contributed by atoms with van der Waals surface area (Å²) >= 11 is 0. The summed E-state index contributed by atoms with van der Waals surface area (Å²) in [6.07, 6.45) is 1.60. The summed E-state index contributed by atoms with van der Waals surface area (Å²) in [6.45, 7) is 4.02. The van der Waals surface area contributed by atoms with Crippen LogP contribution in [0.3, 0.4) is 0 Å². The fraction of sp³-hybridized carbons (Fsp3) is 0.286. The van der Waals surface area contributed by atoms with E-state index in [4.69, 9.17) is 0 Å². The Kier molecular flexibility index (Phi) is 4.25. The lowest BCUT2D eigenvalue weighted by Gasteiger charge is -2.07. The van der Waals surface area contributed by atoms with Gasteiger partial charge in [-0.1, -0.05) is 30.3 Å². The lowest BCUT2D eigenvalue weighted by Crippen LogP contribution is -2.26. The minimum Gasteiger partial charge on any atom is -0.311 e. The molecule has 4 nitrogen and oxygen atoms in total. The van der Waals surface area contributed by atoms with Crippen LogP contribution in [0.25, 0.3) is 0 Å². The summed E-state index contributed by atoms with van der Waals surface area (Å²) in [5, 5.41) is 3.30. The molecule has 0 radical (unpaired) electrons. The number of nitrogens with zero attached hydrogens (tertiary/aromatic N) is 2. The van der Waals surface area contributed by atoms with Crippen LogP contribution in [0, 0.1) is 6.92 Å². The van der Waals surface area contributed by atoms with Crippen molar-refractivity contribution in [3.63, 3.8) is 0 Å². The lowest BCUT2D eigenvalue weighted by molar-refractivity contribution is 0.577. The van der Waals surface area contributed by atoms with Crippen molar-refractivity contribution in [2.24, 2.45) is 0 Å². The molecule has 0 spiro atoms. The van der Waals surface area contributed by atoms with E-state index in [1.54, 1.807) is 17.0 Å². The first-order chi connectivity index (χ1) is 8.75. The van der Waals surface area contributed by atoms with Gasteiger partial charge in [-0.3, -0.25) is 9.36 Å². The molecule has 1 heterocycles. The van der Waals surface area contributed by atoms with Crippen LogP contribution < -0.4 is 10.9 Å². The highest BCUT2D eigenvalue weighted by atomic mass is 16.1. The van der Waals surface area contributed by atoms with E-state index in [1.165, 1.54) is 5.56 Å². The van der Waals surface area contributed by atoms with Gasteiger partial charge in [-0.15, -0.1) is 0 Å². The van der Waals surface area contributed by atoms with Gasteiger partial charge >= 0.3 is 0 Å². The first-order valence-corrected chi connectivity index (χ1v) is 6.03. The molecule has 4 heteroatoms. The normalized spacial score (nSPS) is 10.5. The first kappa shape index (κ1) is 12.5. The second-order valence-corrected chi connectivity index (χ2v) is 4.22. The van der Waals surface area contributed by atoms with Gasteiger partial charge in [0.25, 0.3) is 5.56 Å². The highest BCUT2D eigenvalue weighted by Crippen LogP contribution is 1.96. The third kappa shape index (κ3) is 3.53. The van der Waals surface area contributed by atoms with Gasteiger partial charge < -0.3 is 5.32 Å². The molecule has 0 unspecified atom stereocenters. The zero-order valence-corrected chi connectivity index (χ0v) is 10.5. The lowest BCUT2D eigenvalue weighted by atomic mass is 10.2. The number of benzene rings is 1. The van der Waals surface area contributed by atoms with Crippen LogP contribution in [0.15, 0.2) is 47.5 Å². The average molecular weight is 243 g/mol. The fourth-order valence-electron chi connectivity index (χ4n) is 1.71. The molecular formula is C14H17N3O. The van der Waals surface area contributed by atoms with Crippen LogP contribution in [0.1, 0.15) is 11.3 Å². The highest BCUT2D eigenvalue weighted by Gasteiger charge is 1.96. The third-order valence-corrected chi connectivity index (χ3v) is 2.72. The Bertz CT molecular complexity index is 548. The molecule has 0 aliphatic carbocycles. The van der Waals surface area contributed by atoms with Crippen molar-refractivity contribution in [1.82, 2.24) is 14.9 Å². The van der Waals surface area contributed by atoms with Crippen molar-refractivity contribution in [1.29, 1.82) is 0 Å². The molecule has 0 fully saturated rings. The van der Waals surface area contributed by atoms with Crippen molar-refractivity contribution in [2.75, 3.05) is 6.54 Å². The predicted molar refractivity (Wildman–Crippen MR) is 71.4 cm³/mol. The summed E-state index contributed by atoms with van der Waals surface area (Å²) < 4.78 is 1.62. The van der Waals surface area contributed by atoms with E-state index in [1.807, 2.05) is 25.1 Å². The zero-order valence-electron chi connectivity index (χ0n) is 10.5. The fourth-order valence-corrected chi connectivity index (χ4v) is 1.71.